The van der Waals surface area contributed by atoms with Gasteiger partial charge in [0.1, 0.15) is 19.0 Å². The van der Waals surface area contributed by atoms with Crippen LogP contribution in [0, 0.1) is 0 Å². The highest BCUT2D eigenvalue weighted by Crippen LogP contribution is 2.43. The Balaban J connectivity index is 1.83. The lowest BCUT2D eigenvalue weighted by Gasteiger charge is -2.29. The number of fused-ring (bicyclic) bond motifs is 1. The Morgan fingerprint density at radius 1 is 1.13 bits per heavy atom. The molecule has 1 atom stereocenters. The maximum atomic E-state index is 12.7. The quantitative estimate of drug-likeness (QED) is 0.628. The van der Waals surface area contributed by atoms with Crippen LogP contribution in [0.25, 0.3) is 0 Å². The highest BCUT2D eigenvalue weighted by molar-refractivity contribution is 5.92. The van der Waals surface area contributed by atoms with E-state index in [4.69, 9.17) is 14.2 Å². The third-order valence-corrected chi connectivity index (χ3v) is 4.95. The number of ether oxygens (including phenoxy) is 3. The molecule has 1 aromatic heterocycles. The van der Waals surface area contributed by atoms with Gasteiger partial charge in [0.25, 0.3) is 0 Å². The standard InChI is InChI=1S/C22H22N4O4/c1-14-18(21(27)29-3)19(26-22(25-14)23-13-24-26)16-10-7-11-17(28-2)20(16)30-12-15-8-5-4-6-9-15/h4-11,13,19H,12H2,1-3H3,(H,23,24,25)/t19-/m1/s1. The van der Waals surface area contributed by atoms with Crippen LogP contribution in [0.15, 0.2) is 66.1 Å². The summed E-state index contributed by atoms with van der Waals surface area (Å²) in [6, 6.07) is 14.8. The number of anilines is 1. The number of carbonyl (C=O) groups is 1. The molecule has 1 N–H and O–H groups in total. The minimum absolute atomic E-state index is 0.347. The van der Waals surface area contributed by atoms with E-state index in [1.54, 1.807) is 11.8 Å². The van der Waals surface area contributed by atoms with E-state index < -0.39 is 12.0 Å². The number of hydrogen-bond donors (Lipinski definition) is 1. The molecule has 0 saturated heterocycles. The first-order valence-corrected chi connectivity index (χ1v) is 9.43. The average molecular weight is 406 g/mol. The Kier molecular flexibility index (Phi) is 5.38. The molecule has 0 spiro atoms. The number of nitrogens with zero attached hydrogens (tertiary/aromatic N) is 3. The van der Waals surface area contributed by atoms with Crippen molar-refractivity contribution in [3.05, 3.63) is 77.3 Å². The molecule has 0 saturated carbocycles. The van der Waals surface area contributed by atoms with Crippen LogP contribution in [0.1, 0.15) is 24.1 Å². The molecule has 0 fully saturated rings. The molecule has 30 heavy (non-hydrogen) atoms. The maximum absolute atomic E-state index is 12.7. The number of hydrogen-bond acceptors (Lipinski definition) is 7. The molecule has 1 aliphatic heterocycles. The van der Waals surface area contributed by atoms with Crippen LogP contribution >= 0.6 is 0 Å². The SMILES string of the molecule is COC(=O)C1=C(C)Nc2ncnn2[C@@H]1c1cccc(OC)c1OCc1ccccc1. The fraction of sp³-hybridized carbons (Fsp3) is 0.227. The number of para-hydroxylation sites is 1. The highest BCUT2D eigenvalue weighted by atomic mass is 16.5. The monoisotopic (exact) mass is 406 g/mol. The second-order valence-electron chi connectivity index (χ2n) is 6.74. The van der Waals surface area contributed by atoms with Gasteiger partial charge in [0.15, 0.2) is 11.5 Å². The van der Waals surface area contributed by atoms with Crippen molar-refractivity contribution in [3.8, 4) is 11.5 Å². The van der Waals surface area contributed by atoms with Crippen molar-refractivity contribution in [2.75, 3.05) is 19.5 Å². The van der Waals surface area contributed by atoms with E-state index in [1.807, 2.05) is 55.5 Å². The molecule has 8 nitrogen and oxygen atoms in total. The van der Waals surface area contributed by atoms with Gasteiger partial charge in [-0.05, 0) is 18.6 Å². The third kappa shape index (κ3) is 3.47. The van der Waals surface area contributed by atoms with Crippen LogP contribution in [-0.2, 0) is 16.1 Å². The van der Waals surface area contributed by atoms with Gasteiger partial charge in [-0.1, -0.05) is 42.5 Å². The Bertz CT molecular complexity index is 1090. The molecule has 0 bridgehead atoms. The Morgan fingerprint density at radius 3 is 2.67 bits per heavy atom. The number of benzene rings is 2. The lowest BCUT2D eigenvalue weighted by atomic mass is 9.94. The molecule has 2 aromatic carbocycles. The molecule has 2 heterocycles. The number of aromatic nitrogens is 3. The molecule has 0 unspecified atom stereocenters. The van der Waals surface area contributed by atoms with Crippen molar-refractivity contribution in [2.45, 2.75) is 19.6 Å². The summed E-state index contributed by atoms with van der Waals surface area (Å²) in [4.78, 5) is 16.9. The Morgan fingerprint density at radius 2 is 1.93 bits per heavy atom. The predicted octanol–water partition coefficient (Wildman–Crippen LogP) is 3.33. The molecule has 0 aliphatic carbocycles. The fourth-order valence-corrected chi connectivity index (χ4v) is 3.55. The van der Waals surface area contributed by atoms with Gasteiger partial charge in [0.2, 0.25) is 5.95 Å². The van der Waals surface area contributed by atoms with E-state index >= 15 is 0 Å². The van der Waals surface area contributed by atoms with Gasteiger partial charge >= 0.3 is 5.97 Å². The zero-order valence-corrected chi connectivity index (χ0v) is 17.0. The summed E-state index contributed by atoms with van der Waals surface area (Å²) in [6.45, 7) is 2.15. The van der Waals surface area contributed by atoms with Crippen molar-refractivity contribution in [1.82, 2.24) is 14.8 Å². The van der Waals surface area contributed by atoms with Gasteiger partial charge in [-0.2, -0.15) is 10.1 Å². The van der Waals surface area contributed by atoms with Gasteiger partial charge < -0.3 is 19.5 Å². The summed E-state index contributed by atoms with van der Waals surface area (Å²) in [7, 11) is 2.94. The first kappa shape index (κ1) is 19.5. The lowest BCUT2D eigenvalue weighted by molar-refractivity contribution is -0.136. The highest BCUT2D eigenvalue weighted by Gasteiger charge is 2.36. The van der Waals surface area contributed by atoms with Crippen LogP contribution in [-0.4, -0.2) is 35.0 Å². The van der Waals surface area contributed by atoms with Crippen LogP contribution in [0.4, 0.5) is 5.95 Å². The summed E-state index contributed by atoms with van der Waals surface area (Å²) in [5.41, 5.74) is 2.80. The zero-order valence-electron chi connectivity index (χ0n) is 17.0. The van der Waals surface area contributed by atoms with Gasteiger partial charge in [-0.25, -0.2) is 9.48 Å². The van der Waals surface area contributed by atoms with Crippen molar-refractivity contribution in [3.63, 3.8) is 0 Å². The fourth-order valence-electron chi connectivity index (χ4n) is 3.55. The second kappa shape index (κ2) is 8.28. The topological polar surface area (TPSA) is 87.5 Å². The van der Waals surface area contributed by atoms with Crippen LogP contribution in [0.3, 0.4) is 0 Å². The molecule has 3 aromatic rings. The average Bonchev–Trinajstić information content (AvgIpc) is 3.24. The summed E-state index contributed by atoms with van der Waals surface area (Å²) in [5.74, 6) is 1.17. The number of carbonyl (C=O) groups excluding carboxylic acids is 1. The van der Waals surface area contributed by atoms with Crippen molar-refractivity contribution < 1.29 is 19.0 Å². The van der Waals surface area contributed by atoms with Gasteiger partial charge in [0, 0.05) is 11.3 Å². The first-order chi connectivity index (χ1) is 14.6. The molecular formula is C22H22N4O4. The summed E-state index contributed by atoms with van der Waals surface area (Å²) in [5, 5.41) is 7.44. The van der Waals surface area contributed by atoms with Gasteiger partial charge in [-0.3, -0.25) is 0 Å². The van der Waals surface area contributed by atoms with Crippen LogP contribution in [0.5, 0.6) is 11.5 Å². The zero-order chi connectivity index (χ0) is 21.1. The summed E-state index contributed by atoms with van der Waals surface area (Å²) >= 11 is 0. The van der Waals surface area contributed by atoms with Crippen molar-refractivity contribution in [2.24, 2.45) is 0 Å². The maximum Gasteiger partial charge on any atom is 0.338 e. The molecule has 1 aliphatic rings. The molecule has 0 radical (unpaired) electrons. The number of nitrogens with one attached hydrogen (secondary N) is 1. The second-order valence-corrected chi connectivity index (χ2v) is 6.74. The van der Waals surface area contributed by atoms with Crippen molar-refractivity contribution in [1.29, 1.82) is 0 Å². The Hall–Kier alpha value is -3.81. The first-order valence-electron chi connectivity index (χ1n) is 9.43. The van der Waals surface area contributed by atoms with Crippen LogP contribution in [0.2, 0.25) is 0 Å². The molecule has 154 valence electrons. The number of allylic oxidation sites excluding steroid dienone is 1. The normalized spacial score (nSPS) is 15.2. The largest absolute Gasteiger partial charge is 0.493 e. The van der Waals surface area contributed by atoms with Gasteiger partial charge in [-0.15, -0.1) is 0 Å². The van der Waals surface area contributed by atoms with E-state index in [0.29, 0.717) is 35.3 Å². The third-order valence-electron chi connectivity index (χ3n) is 4.95. The predicted molar refractivity (Wildman–Crippen MR) is 110 cm³/mol. The minimum Gasteiger partial charge on any atom is -0.493 e. The number of esters is 1. The molecular weight excluding hydrogens is 384 g/mol. The van der Waals surface area contributed by atoms with E-state index in [-0.39, 0.29) is 0 Å². The number of methoxy groups -OCH3 is 2. The summed E-state index contributed by atoms with van der Waals surface area (Å²) in [6.07, 6.45) is 1.44. The van der Waals surface area contributed by atoms with E-state index in [1.165, 1.54) is 13.4 Å². The smallest absolute Gasteiger partial charge is 0.338 e. The summed E-state index contributed by atoms with van der Waals surface area (Å²) < 4.78 is 18.5. The molecule has 4 rings (SSSR count). The van der Waals surface area contributed by atoms with Crippen molar-refractivity contribution >= 4 is 11.9 Å². The minimum atomic E-state index is -0.586. The van der Waals surface area contributed by atoms with E-state index in [2.05, 4.69) is 15.4 Å². The van der Waals surface area contributed by atoms with E-state index in [0.717, 1.165) is 11.1 Å². The molecule has 0 amide bonds. The Labute approximate surface area is 174 Å². The van der Waals surface area contributed by atoms with E-state index in [9.17, 15) is 4.79 Å². The lowest BCUT2D eigenvalue weighted by Crippen LogP contribution is -2.29. The number of rotatable bonds is 6. The van der Waals surface area contributed by atoms with Gasteiger partial charge in [0.05, 0.1) is 19.8 Å². The van der Waals surface area contributed by atoms with Crippen LogP contribution < -0.4 is 14.8 Å². The molecule has 8 heteroatoms.